The van der Waals surface area contributed by atoms with E-state index in [1.807, 2.05) is 11.8 Å². The maximum atomic E-state index is 12.4. The fraction of sp³-hybridized carbons (Fsp3) is 0.412. The van der Waals surface area contributed by atoms with Gasteiger partial charge in [0.05, 0.1) is 0 Å². The van der Waals surface area contributed by atoms with Crippen LogP contribution in [0, 0.1) is 20.8 Å². The highest BCUT2D eigenvalue weighted by molar-refractivity contribution is 5.92. The number of nitrogens with zero attached hydrogens (tertiary/aromatic N) is 3. The molecule has 0 spiro atoms. The van der Waals surface area contributed by atoms with Crippen LogP contribution in [0.5, 0.6) is 0 Å². The van der Waals surface area contributed by atoms with E-state index in [9.17, 15) is 4.79 Å². The summed E-state index contributed by atoms with van der Waals surface area (Å²) >= 11 is 0. The molecule has 0 saturated carbocycles. The lowest BCUT2D eigenvalue weighted by Gasteiger charge is -2.36. The number of carbonyl (C=O) groups excluding carboxylic acids is 1. The number of carbonyl (C=O) groups is 1. The standard InChI is InChI=1S/C17H22N4O/c1-12-4-5-13(2)16(10-12)20-6-8-21(9-7-20)17(22)15-11-14(3)18-19-15/h4-5,10-11H,6-9H2,1-3H3,(H,18,19). The van der Waals surface area contributed by atoms with E-state index in [0.717, 1.165) is 31.9 Å². The van der Waals surface area contributed by atoms with Gasteiger partial charge in [0.2, 0.25) is 0 Å². The van der Waals surface area contributed by atoms with Crippen LogP contribution < -0.4 is 4.90 Å². The number of nitrogens with one attached hydrogen (secondary N) is 1. The molecule has 116 valence electrons. The molecular formula is C17H22N4O. The van der Waals surface area contributed by atoms with Crippen LogP contribution in [0.2, 0.25) is 0 Å². The average Bonchev–Trinajstić information content (AvgIpc) is 2.96. The minimum Gasteiger partial charge on any atom is -0.368 e. The van der Waals surface area contributed by atoms with Crippen LogP contribution >= 0.6 is 0 Å². The van der Waals surface area contributed by atoms with Gasteiger partial charge >= 0.3 is 0 Å². The second kappa shape index (κ2) is 5.83. The van der Waals surface area contributed by atoms with Crippen molar-refractivity contribution in [3.05, 3.63) is 46.8 Å². The molecule has 2 aromatic rings. The van der Waals surface area contributed by atoms with Crippen LogP contribution in [-0.2, 0) is 0 Å². The Morgan fingerprint density at radius 3 is 2.45 bits per heavy atom. The third-order valence-electron chi connectivity index (χ3n) is 4.20. The minimum atomic E-state index is 0.0185. The van der Waals surface area contributed by atoms with Gasteiger partial charge in [-0.05, 0) is 44.0 Å². The van der Waals surface area contributed by atoms with Gasteiger partial charge in [-0.2, -0.15) is 5.10 Å². The molecule has 5 nitrogen and oxygen atoms in total. The van der Waals surface area contributed by atoms with E-state index in [0.29, 0.717) is 5.69 Å². The normalized spacial score (nSPS) is 15.2. The lowest BCUT2D eigenvalue weighted by atomic mass is 10.1. The van der Waals surface area contributed by atoms with Crippen LogP contribution in [0.4, 0.5) is 5.69 Å². The number of benzene rings is 1. The molecule has 1 aromatic heterocycles. The summed E-state index contributed by atoms with van der Waals surface area (Å²) in [4.78, 5) is 16.7. The third-order valence-corrected chi connectivity index (χ3v) is 4.20. The Morgan fingerprint density at radius 1 is 1.09 bits per heavy atom. The van der Waals surface area contributed by atoms with Gasteiger partial charge in [0.15, 0.2) is 0 Å². The van der Waals surface area contributed by atoms with Crippen molar-refractivity contribution in [1.29, 1.82) is 0 Å². The van der Waals surface area contributed by atoms with Gasteiger partial charge in [-0.25, -0.2) is 0 Å². The summed E-state index contributed by atoms with van der Waals surface area (Å²) in [5.74, 6) is 0.0185. The van der Waals surface area contributed by atoms with E-state index in [-0.39, 0.29) is 5.91 Å². The third kappa shape index (κ3) is 2.84. The van der Waals surface area contributed by atoms with Crippen molar-refractivity contribution in [2.45, 2.75) is 20.8 Å². The van der Waals surface area contributed by atoms with Crippen LogP contribution in [0.1, 0.15) is 27.3 Å². The molecule has 5 heteroatoms. The Bertz CT molecular complexity index is 684. The zero-order valence-electron chi connectivity index (χ0n) is 13.4. The quantitative estimate of drug-likeness (QED) is 0.925. The maximum absolute atomic E-state index is 12.4. The molecule has 0 atom stereocenters. The zero-order valence-corrected chi connectivity index (χ0v) is 13.4. The van der Waals surface area contributed by atoms with Gasteiger partial charge < -0.3 is 9.80 Å². The topological polar surface area (TPSA) is 52.2 Å². The van der Waals surface area contributed by atoms with Gasteiger partial charge in [-0.3, -0.25) is 9.89 Å². The van der Waals surface area contributed by atoms with Crippen LogP contribution in [-0.4, -0.2) is 47.2 Å². The number of aromatic nitrogens is 2. The van der Waals surface area contributed by atoms with E-state index < -0.39 is 0 Å². The fourth-order valence-corrected chi connectivity index (χ4v) is 2.90. The van der Waals surface area contributed by atoms with Gasteiger partial charge in [0.25, 0.3) is 5.91 Å². The van der Waals surface area contributed by atoms with Crippen molar-refractivity contribution >= 4 is 11.6 Å². The summed E-state index contributed by atoms with van der Waals surface area (Å²) in [5, 5.41) is 6.89. The first-order valence-corrected chi connectivity index (χ1v) is 7.68. The monoisotopic (exact) mass is 298 g/mol. The number of piperazine rings is 1. The highest BCUT2D eigenvalue weighted by Gasteiger charge is 2.24. The smallest absolute Gasteiger partial charge is 0.274 e. The van der Waals surface area contributed by atoms with Gasteiger partial charge in [0.1, 0.15) is 5.69 Å². The van der Waals surface area contributed by atoms with E-state index >= 15 is 0 Å². The SMILES string of the molecule is Cc1ccc(C)c(N2CCN(C(=O)c3cc(C)[nH]n3)CC2)c1. The predicted molar refractivity (Wildman–Crippen MR) is 87.4 cm³/mol. The van der Waals surface area contributed by atoms with Gasteiger partial charge in [-0.15, -0.1) is 0 Å². The largest absolute Gasteiger partial charge is 0.368 e. The second-order valence-corrected chi connectivity index (χ2v) is 6.01. The van der Waals surface area contributed by atoms with Crippen molar-refractivity contribution in [2.75, 3.05) is 31.1 Å². The van der Waals surface area contributed by atoms with Gasteiger partial charge in [0, 0.05) is 37.6 Å². The van der Waals surface area contributed by atoms with E-state index in [1.165, 1.54) is 16.8 Å². The summed E-state index contributed by atoms with van der Waals surface area (Å²) < 4.78 is 0. The molecule has 1 amide bonds. The molecular weight excluding hydrogens is 276 g/mol. The Morgan fingerprint density at radius 2 is 1.82 bits per heavy atom. The number of aryl methyl sites for hydroxylation is 3. The number of aromatic amines is 1. The molecule has 1 fully saturated rings. The van der Waals surface area contributed by atoms with Crippen LogP contribution in [0.15, 0.2) is 24.3 Å². The zero-order chi connectivity index (χ0) is 15.7. The first kappa shape index (κ1) is 14.6. The molecule has 1 aliphatic heterocycles. The molecule has 22 heavy (non-hydrogen) atoms. The first-order chi connectivity index (χ1) is 10.5. The molecule has 1 aliphatic rings. The number of anilines is 1. The number of hydrogen-bond acceptors (Lipinski definition) is 3. The molecule has 3 rings (SSSR count). The van der Waals surface area contributed by atoms with Crippen LogP contribution in [0.25, 0.3) is 0 Å². The Hall–Kier alpha value is -2.30. The molecule has 1 saturated heterocycles. The molecule has 0 unspecified atom stereocenters. The summed E-state index contributed by atoms with van der Waals surface area (Å²) in [6.45, 7) is 9.35. The summed E-state index contributed by atoms with van der Waals surface area (Å²) in [6.07, 6.45) is 0. The highest BCUT2D eigenvalue weighted by Crippen LogP contribution is 2.23. The summed E-state index contributed by atoms with van der Waals surface area (Å²) in [7, 11) is 0. The van der Waals surface area contributed by atoms with Gasteiger partial charge in [-0.1, -0.05) is 12.1 Å². The number of hydrogen-bond donors (Lipinski definition) is 1. The van der Waals surface area contributed by atoms with E-state index in [4.69, 9.17) is 0 Å². The molecule has 0 aliphatic carbocycles. The van der Waals surface area contributed by atoms with Crippen molar-refractivity contribution in [3.63, 3.8) is 0 Å². The number of H-pyrrole nitrogens is 1. The Labute approximate surface area is 130 Å². The highest BCUT2D eigenvalue weighted by atomic mass is 16.2. The summed E-state index contributed by atoms with van der Waals surface area (Å²) in [6, 6.07) is 8.33. The molecule has 0 radical (unpaired) electrons. The number of rotatable bonds is 2. The fourth-order valence-electron chi connectivity index (χ4n) is 2.90. The van der Waals surface area contributed by atoms with Crippen molar-refractivity contribution in [3.8, 4) is 0 Å². The Balaban J connectivity index is 1.67. The summed E-state index contributed by atoms with van der Waals surface area (Å²) in [5.41, 5.74) is 5.26. The van der Waals surface area contributed by atoms with Crippen molar-refractivity contribution in [2.24, 2.45) is 0 Å². The van der Waals surface area contributed by atoms with Crippen molar-refractivity contribution < 1.29 is 4.79 Å². The Kier molecular flexibility index (Phi) is 3.88. The average molecular weight is 298 g/mol. The van der Waals surface area contributed by atoms with Crippen LogP contribution in [0.3, 0.4) is 0 Å². The second-order valence-electron chi connectivity index (χ2n) is 6.01. The molecule has 0 bridgehead atoms. The maximum Gasteiger partial charge on any atom is 0.274 e. The molecule has 2 heterocycles. The molecule has 1 aromatic carbocycles. The van der Waals surface area contributed by atoms with E-state index in [1.54, 1.807) is 6.07 Å². The minimum absolute atomic E-state index is 0.0185. The molecule has 1 N–H and O–H groups in total. The van der Waals surface area contributed by atoms with Crippen molar-refractivity contribution in [1.82, 2.24) is 15.1 Å². The lowest BCUT2D eigenvalue weighted by Crippen LogP contribution is -2.49. The lowest BCUT2D eigenvalue weighted by molar-refractivity contribution is 0.0741. The number of amides is 1. The first-order valence-electron chi connectivity index (χ1n) is 7.68. The van der Waals surface area contributed by atoms with E-state index in [2.05, 4.69) is 47.1 Å². The predicted octanol–water partition coefficient (Wildman–Crippen LogP) is 2.30.